The summed E-state index contributed by atoms with van der Waals surface area (Å²) < 4.78 is 15.6. The highest BCUT2D eigenvalue weighted by Gasteiger charge is 2.18. The number of hydrogen-bond acceptors (Lipinski definition) is 5. The first-order valence-electron chi connectivity index (χ1n) is 5.82. The van der Waals surface area contributed by atoms with E-state index in [-0.39, 0.29) is 0 Å². The van der Waals surface area contributed by atoms with Gasteiger partial charge in [0.05, 0.1) is 13.7 Å². The number of benzene rings is 1. The average molecular weight is 253 g/mol. The summed E-state index contributed by atoms with van der Waals surface area (Å²) in [6, 6.07) is 5.37. The van der Waals surface area contributed by atoms with Crippen molar-refractivity contribution in [3.05, 3.63) is 23.8 Å². The molecule has 0 aliphatic rings. The molecular formula is C13H19NO4. The highest BCUT2D eigenvalue weighted by Crippen LogP contribution is 2.29. The normalized spacial score (nSPS) is 11.8. The van der Waals surface area contributed by atoms with E-state index in [0.717, 1.165) is 5.56 Å². The quantitative estimate of drug-likeness (QED) is 0.778. The Morgan fingerprint density at radius 1 is 1.39 bits per heavy atom. The standard InChI is InChI=1S/C13H19NO4/c1-4-17-13(15)9(2)18-12-7-10(8-14)5-6-11(12)16-3/h5-7,9H,4,8,14H2,1-3H3. The summed E-state index contributed by atoms with van der Waals surface area (Å²) in [5.74, 6) is 0.641. The zero-order valence-electron chi connectivity index (χ0n) is 10.9. The van der Waals surface area contributed by atoms with E-state index in [1.54, 1.807) is 33.1 Å². The van der Waals surface area contributed by atoms with E-state index in [0.29, 0.717) is 24.7 Å². The Labute approximate surface area is 107 Å². The van der Waals surface area contributed by atoms with Crippen LogP contribution >= 0.6 is 0 Å². The van der Waals surface area contributed by atoms with E-state index in [4.69, 9.17) is 19.9 Å². The van der Waals surface area contributed by atoms with Gasteiger partial charge in [-0.25, -0.2) is 4.79 Å². The van der Waals surface area contributed by atoms with Crippen LogP contribution in [0.3, 0.4) is 0 Å². The van der Waals surface area contributed by atoms with Crippen LogP contribution in [0.15, 0.2) is 18.2 Å². The lowest BCUT2D eigenvalue weighted by molar-refractivity contribution is -0.150. The maximum Gasteiger partial charge on any atom is 0.347 e. The predicted molar refractivity (Wildman–Crippen MR) is 67.6 cm³/mol. The van der Waals surface area contributed by atoms with Crippen LogP contribution in [-0.4, -0.2) is 25.8 Å². The smallest absolute Gasteiger partial charge is 0.347 e. The van der Waals surface area contributed by atoms with E-state index >= 15 is 0 Å². The largest absolute Gasteiger partial charge is 0.493 e. The second kappa shape index (κ2) is 6.86. The van der Waals surface area contributed by atoms with Crippen molar-refractivity contribution in [3.63, 3.8) is 0 Å². The molecule has 5 heteroatoms. The Morgan fingerprint density at radius 3 is 2.67 bits per heavy atom. The minimum atomic E-state index is -0.688. The fourth-order valence-corrected chi connectivity index (χ4v) is 1.44. The molecule has 1 aromatic rings. The molecule has 2 N–H and O–H groups in total. The SMILES string of the molecule is CCOC(=O)C(C)Oc1cc(CN)ccc1OC. The predicted octanol–water partition coefficient (Wildman–Crippen LogP) is 1.48. The lowest BCUT2D eigenvalue weighted by Crippen LogP contribution is -2.26. The lowest BCUT2D eigenvalue weighted by atomic mass is 10.2. The van der Waals surface area contributed by atoms with Crippen molar-refractivity contribution in [2.45, 2.75) is 26.5 Å². The summed E-state index contributed by atoms with van der Waals surface area (Å²) in [5.41, 5.74) is 6.47. The lowest BCUT2D eigenvalue weighted by Gasteiger charge is -2.16. The molecule has 100 valence electrons. The van der Waals surface area contributed by atoms with Gasteiger partial charge in [-0.05, 0) is 31.5 Å². The average Bonchev–Trinajstić information content (AvgIpc) is 2.38. The van der Waals surface area contributed by atoms with Gasteiger partial charge in [-0.15, -0.1) is 0 Å². The Morgan fingerprint density at radius 2 is 2.11 bits per heavy atom. The van der Waals surface area contributed by atoms with Crippen molar-refractivity contribution in [1.82, 2.24) is 0 Å². The number of ether oxygens (including phenoxy) is 3. The summed E-state index contributed by atoms with van der Waals surface area (Å²) in [5, 5.41) is 0. The van der Waals surface area contributed by atoms with Crippen LogP contribution in [0.5, 0.6) is 11.5 Å². The zero-order chi connectivity index (χ0) is 13.5. The second-order valence-electron chi connectivity index (χ2n) is 3.70. The third-order valence-corrected chi connectivity index (χ3v) is 2.39. The molecule has 0 bridgehead atoms. The number of carbonyl (C=O) groups excluding carboxylic acids is 1. The van der Waals surface area contributed by atoms with Crippen molar-refractivity contribution in [2.24, 2.45) is 5.73 Å². The molecule has 0 heterocycles. The second-order valence-corrected chi connectivity index (χ2v) is 3.70. The van der Waals surface area contributed by atoms with E-state index in [9.17, 15) is 4.79 Å². The molecule has 0 fully saturated rings. The van der Waals surface area contributed by atoms with Crippen LogP contribution in [0.2, 0.25) is 0 Å². The van der Waals surface area contributed by atoms with E-state index < -0.39 is 12.1 Å². The van der Waals surface area contributed by atoms with Gasteiger partial charge in [0.25, 0.3) is 0 Å². The number of hydrogen-bond donors (Lipinski definition) is 1. The van der Waals surface area contributed by atoms with Crippen molar-refractivity contribution >= 4 is 5.97 Å². The van der Waals surface area contributed by atoms with Gasteiger partial charge in [0, 0.05) is 6.54 Å². The Balaban J connectivity index is 2.84. The molecule has 0 saturated carbocycles. The van der Waals surface area contributed by atoms with Crippen molar-refractivity contribution in [3.8, 4) is 11.5 Å². The maximum absolute atomic E-state index is 11.5. The molecule has 1 rings (SSSR count). The van der Waals surface area contributed by atoms with Crippen LogP contribution in [0.1, 0.15) is 19.4 Å². The van der Waals surface area contributed by atoms with Crippen molar-refractivity contribution in [1.29, 1.82) is 0 Å². The number of rotatable bonds is 6. The molecule has 0 aromatic heterocycles. The fourth-order valence-electron chi connectivity index (χ4n) is 1.44. The number of nitrogens with two attached hydrogens (primary N) is 1. The van der Waals surface area contributed by atoms with Crippen molar-refractivity contribution in [2.75, 3.05) is 13.7 Å². The molecule has 1 aromatic carbocycles. The molecule has 18 heavy (non-hydrogen) atoms. The van der Waals surface area contributed by atoms with Gasteiger partial charge in [-0.3, -0.25) is 0 Å². The first-order valence-corrected chi connectivity index (χ1v) is 5.82. The maximum atomic E-state index is 11.5. The third kappa shape index (κ3) is 3.63. The van der Waals surface area contributed by atoms with E-state index in [2.05, 4.69) is 0 Å². The summed E-state index contributed by atoms with van der Waals surface area (Å²) in [6.45, 7) is 4.10. The summed E-state index contributed by atoms with van der Waals surface area (Å²) in [6.07, 6.45) is -0.688. The molecule has 0 spiro atoms. The van der Waals surface area contributed by atoms with E-state index in [1.807, 2.05) is 6.07 Å². The topological polar surface area (TPSA) is 70.8 Å². The van der Waals surface area contributed by atoms with E-state index in [1.165, 1.54) is 0 Å². The number of esters is 1. The van der Waals surface area contributed by atoms with Crippen molar-refractivity contribution < 1.29 is 19.0 Å². The van der Waals surface area contributed by atoms with Crippen LogP contribution in [-0.2, 0) is 16.1 Å². The summed E-state index contributed by atoms with van der Waals surface area (Å²) in [4.78, 5) is 11.5. The molecule has 0 amide bonds. The Hall–Kier alpha value is -1.75. The van der Waals surface area contributed by atoms with Gasteiger partial charge in [-0.2, -0.15) is 0 Å². The molecule has 0 aliphatic carbocycles. The van der Waals surface area contributed by atoms with Gasteiger partial charge in [0.2, 0.25) is 0 Å². The fraction of sp³-hybridized carbons (Fsp3) is 0.462. The summed E-state index contributed by atoms with van der Waals surface area (Å²) in [7, 11) is 1.54. The molecular weight excluding hydrogens is 234 g/mol. The molecule has 1 unspecified atom stereocenters. The van der Waals surface area contributed by atoms with Crippen LogP contribution < -0.4 is 15.2 Å². The molecule has 0 aliphatic heterocycles. The first-order chi connectivity index (χ1) is 8.62. The molecule has 0 radical (unpaired) electrons. The highest BCUT2D eigenvalue weighted by molar-refractivity contribution is 5.74. The number of methoxy groups -OCH3 is 1. The third-order valence-electron chi connectivity index (χ3n) is 2.39. The van der Waals surface area contributed by atoms with Gasteiger partial charge in [-0.1, -0.05) is 6.07 Å². The molecule has 5 nitrogen and oxygen atoms in total. The molecule has 1 atom stereocenters. The van der Waals surface area contributed by atoms with Crippen LogP contribution in [0, 0.1) is 0 Å². The van der Waals surface area contributed by atoms with Crippen LogP contribution in [0.25, 0.3) is 0 Å². The Kier molecular flexibility index (Phi) is 5.45. The minimum Gasteiger partial charge on any atom is -0.493 e. The van der Waals surface area contributed by atoms with Gasteiger partial charge < -0.3 is 19.9 Å². The number of carbonyl (C=O) groups is 1. The van der Waals surface area contributed by atoms with Gasteiger partial charge in [0.15, 0.2) is 17.6 Å². The van der Waals surface area contributed by atoms with Crippen LogP contribution in [0.4, 0.5) is 0 Å². The summed E-state index contributed by atoms with van der Waals surface area (Å²) >= 11 is 0. The highest BCUT2D eigenvalue weighted by atomic mass is 16.6. The minimum absolute atomic E-state index is 0.326. The monoisotopic (exact) mass is 253 g/mol. The zero-order valence-corrected chi connectivity index (χ0v) is 10.9. The first kappa shape index (κ1) is 14.3. The van der Waals surface area contributed by atoms with Gasteiger partial charge in [0.1, 0.15) is 0 Å². The Bertz CT molecular complexity index is 406. The van der Waals surface area contributed by atoms with Gasteiger partial charge >= 0.3 is 5.97 Å². The molecule has 0 saturated heterocycles.